The molecule has 4 N–H and O–H groups in total. The topological polar surface area (TPSA) is 125 Å². The van der Waals surface area contributed by atoms with E-state index in [2.05, 4.69) is 30.6 Å². The Bertz CT molecular complexity index is 1540. The molecule has 212 valence electrons. The predicted octanol–water partition coefficient (Wildman–Crippen LogP) is 5.54. The van der Waals surface area contributed by atoms with E-state index < -0.39 is 11.7 Å². The van der Waals surface area contributed by atoms with E-state index in [4.69, 9.17) is 38.4 Å². The van der Waals surface area contributed by atoms with Crippen molar-refractivity contribution in [3.8, 4) is 11.5 Å². The van der Waals surface area contributed by atoms with E-state index in [0.29, 0.717) is 18.6 Å². The fourth-order valence-electron chi connectivity index (χ4n) is 3.63. The number of ether oxygens (including phenoxy) is 2. The van der Waals surface area contributed by atoms with Crippen molar-refractivity contribution >= 4 is 51.8 Å². The van der Waals surface area contributed by atoms with Crippen molar-refractivity contribution in [2.24, 2.45) is 12.8 Å². The van der Waals surface area contributed by atoms with E-state index in [1.165, 1.54) is 29.2 Å². The summed E-state index contributed by atoms with van der Waals surface area (Å²) in [5, 5.41) is 6.11. The number of rotatable bonds is 7. The Morgan fingerprint density at radius 1 is 1.15 bits per heavy atom. The molecule has 1 aromatic carbocycles. The molecule has 0 atom stereocenters. The standard InChI is InChI=1S/C23H19Cl2F3N8O2.C2H6/c1-36-19-17(24)16(38-15(7-29)18-20(25)32-3-2-31-18)10-33-21(19)35-22(36)34-12-4-11(23(26,27)28)5-13(6-12)37-14-8-30-9-14;1-2/h2-7,10,14,30H,8-9,29H2,1H3,(H,33,34,35);1-2H3/b15-7+;. The van der Waals surface area contributed by atoms with E-state index in [1.807, 2.05) is 13.8 Å². The van der Waals surface area contributed by atoms with Gasteiger partial charge >= 0.3 is 6.18 Å². The second-order valence-corrected chi connectivity index (χ2v) is 8.93. The molecule has 0 aliphatic carbocycles. The highest BCUT2D eigenvalue weighted by Crippen LogP contribution is 2.38. The number of aryl methyl sites for hydroxylation is 1. The first kappa shape index (κ1) is 29.2. The molecular weight excluding hydrogens is 572 g/mol. The molecule has 0 radical (unpaired) electrons. The van der Waals surface area contributed by atoms with Crippen LogP contribution in [0.15, 0.2) is 43.0 Å². The summed E-state index contributed by atoms with van der Waals surface area (Å²) < 4.78 is 53.7. The lowest BCUT2D eigenvalue weighted by atomic mass is 10.1. The lowest BCUT2D eigenvalue weighted by Crippen LogP contribution is -2.50. The average Bonchev–Trinajstić information content (AvgIpc) is 3.22. The number of aromatic nitrogens is 5. The van der Waals surface area contributed by atoms with E-state index in [9.17, 15) is 13.2 Å². The molecule has 3 aromatic heterocycles. The normalized spacial score (nSPS) is 13.8. The Kier molecular flexibility index (Phi) is 8.86. The average molecular weight is 597 g/mol. The summed E-state index contributed by atoms with van der Waals surface area (Å²) in [6.45, 7) is 5.12. The third-order valence-corrected chi connectivity index (χ3v) is 6.24. The number of nitrogens with one attached hydrogen (secondary N) is 2. The first-order chi connectivity index (χ1) is 19.1. The molecule has 15 heteroatoms. The van der Waals surface area contributed by atoms with Crippen LogP contribution < -0.4 is 25.8 Å². The van der Waals surface area contributed by atoms with Crippen LogP contribution in [0.2, 0.25) is 10.2 Å². The molecule has 1 aliphatic rings. The molecular formula is C25H25Cl2F3N8O2. The van der Waals surface area contributed by atoms with Gasteiger partial charge < -0.3 is 30.4 Å². The zero-order valence-corrected chi connectivity index (χ0v) is 23.1. The van der Waals surface area contributed by atoms with E-state index in [0.717, 1.165) is 18.3 Å². The lowest BCUT2D eigenvalue weighted by molar-refractivity contribution is -0.137. The van der Waals surface area contributed by atoms with Crippen LogP contribution in [0.5, 0.6) is 11.5 Å². The summed E-state index contributed by atoms with van der Waals surface area (Å²) in [4.78, 5) is 16.7. The highest BCUT2D eigenvalue weighted by atomic mass is 35.5. The van der Waals surface area contributed by atoms with Crippen LogP contribution in [0, 0.1) is 0 Å². The minimum Gasteiger partial charge on any atom is -0.488 e. The number of nitrogens with two attached hydrogens (primary N) is 1. The number of imidazole rings is 1. The van der Waals surface area contributed by atoms with E-state index in [1.54, 1.807) is 7.05 Å². The maximum Gasteiger partial charge on any atom is 0.416 e. The molecule has 1 fully saturated rings. The summed E-state index contributed by atoms with van der Waals surface area (Å²) in [5.41, 5.74) is 5.75. The summed E-state index contributed by atoms with van der Waals surface area (Å²) >= 11 is 12.7. The number of nitrogens with zero attached hydrogens (tertiary/aromatic N) is 5. The highest BCUT2D eigenvalue weighted by Gasteiger charge is 2.32. The number of hydrogen-bond acceptors (Lipinski definition) is 9. The van der Waals surface area contributed by atoms with Gasteiger partial charge in [0.25, 0.3) is 0 Å². The van der Waals surface area contributed by atoms with Crippen LogP contribution in [0.1, 0.15) is 25.1 Å². The van der Waals surface area contributed by atoms with Gasteiger partial charge in [-0.2, -0.15) is 18.2 Å². The van der Waals surface area contributed by atoms with Crippen LogP contribution in [-0.4, -0.2) is 43.7 Å². The maximum absolute atomic E-state index is 13.6. The number of halogens is 5. The van der Waals surface area contributed by atoms with Crippen molar-refractivity contribution in [1.82, 2.24) is 29.8 Å². The minimum atomic E-state index is -4.57. The molecule has 40 heavy (non-hydrogen) atoms. The third-order valence-electron chi connectivity index (χ3n) is 5.60. The van der Waals surface area contributed by atoms with Gasteiger partial charge in [0.1, 0.15) is 28.1 Å². The van der Waals surface area contributed by atoms with Gasteiger partial charge in [0.2, 0.25) is 5.95 Å². The van der Waals surface area contributed by atoms with Crippen LogP contribution in [-0.2, 0) is 13.2 Å². The summed E-state index contributed by atoms with van der Waals surface area (Å²) in [5.74, 6) is 0.484. The number of pyridine rings is 1. The van der Waals surface area contributed by atoms with Crippen LogP contribution >= 0.6 is 23.2 Å². The smallest absolute Gasteiger partial charge is 0.416 e. The fourth-order valence-corrected chi connectivity index (χ4v) is 4.13. The molecule has 0 saturated carbocycles. The van der Waals surface area contributed by atoms with Gasteiger partial charge in [-0.05, 0) is 12.1 Å². The van der Waals surface area contributed by atoms with Gasteiger partial charge in [0.05, 0.1) is 11.8 Å². The molecule has 1 aliphatic heterocycles. The first-order valence-electron chi connectivity index (χ1n) is 12.1. The van der Waals surface area contributed by atoms with Crippen molar-refractivity contribution in [3.05, 3.63) is 64.4 Å². The van der Waals surface area contributed by atoms with E-state index >= 15 is 0 Å². The zero-order chi connectivity index (χ0) is 29.0. The highest BCUT2D eigenvalue weighted by molar-refractivity contribution is 6.36. The summed E-state index contributed by atoms with van der Waals surface area (Å²) in [7, 11) is 1.62. The molecule has 0 amide bonds. The Balaban J connectivity index is 0.00000181. The lowest BCUT2D eigenvalue weighted by Gasteiger charge is -2.28. The molecule has 5 rings (SSSR count). The molecule has 0 spiro atoms. The minimum absolute atomic E-state index is 0.0689. The second-order valence-electron chi connectivity index (χ2n) is 8.20. The first-order valence-corrected chi connectivity index (χ1v) is 12.8. The molecule has 10 nitrogen and oxygen atoms in total. The van der Waals surface area contributed by atoms with Gasteiger partial charge in [0, 0.05) is 50.5 Å². The summed E-state index contributed by atoms with van der Waals surface area (Å²) in [6.07, 6.45) is 0.542. The molecule has 0 unspecified atom stereocenters. The number of alkyl halides is 3. The summed E-state index contributed by atoms with van der Waals surface area (Å²) in [6, 6.07) is 3.41. The fraction of sp³-hybridized carbons (Fsp3) is 0.280. The molecule has 1 saturated heterocycles. The third kappa shape index (κ3) is 6.16. The van der Waals surface area contributed by atoms with Crippen molar-refractivity contribution in [2.75, 3.05) is 18.4 Å². The second kappa shape index (κ2) is 12.1. The largest absolute Gasteiger partial charge is 0.488 e. The maximum atomic E-state index is 13.6. The Morgan fingerprint density at radius 3 is 2.50 bits per heavy atom. The van der Waals surface area contributed by atoms with Crippen LogP contribution in [0.3, 0.4) is 0 Å². The Morgan fingerprint density at radius 2 is 1.88 bits per heavy atom. The van der Waals surface area contributed by atoms with Crippen molar-refractivity contribution in [3.63, 3.8) is 0 Å². The molecule has 0 bridgehead atoms. The number of anilines is 2. The zero-order valence-electron chi connectivity index (χ0n) is 21.6. The monoisotopic (exact) mass is 596 g/mol. The van der Waals surface area contributed by atoms with Crippen LogP contribution in [0.4, 0.5) is 24.8 Å². The number of benzene rings is 1. The predicted molar refractivity (Wildman–Crippen MR) is 147 cm³/mol. The number of fused-ring (bicyclic) bond motifs is 1. The van der Waals surface area contributed by atoms with Gasteiger partial charge in [-0.15, -0.1) is 0 Å². The van der Waals surface area contributed by atoms with Gasteiger partial charge in [-0.1, -0.05) is 37.0 Å². The van der Waals surface area contributed by atoms with Crippen molar-refractivity contribution in [1.29, 1.82) is 0 Å². The SMILES string of the molecule is CC.Cn1c(Nc2cc(OC3CNC3)cc(C(F)(F)F)c2)nc2ncc(O/C(=C/N)c3nccnc3Cl)c(Cl)c21. The van der Waals surface area contributed by atoms with Crippen LogP contribution in [0.25, 0.3) is 16.9 Å². The number of hydrogen-bond donors (Lipinski definition) is 3. The van der Waals surface area contributed by atoms with Crippen molar-refractivity contribution < 1.29 is 22.6 Å². The van der Waals surface area contributed by atoms with Crippen molar-refractivity contribution in [2.45, 2.75) is 26.1 Å². The van der Waals surface area contributed by atoms with Gasteiger partial charge in [-0.25, -0.2) is 15.0 Å². The Hall–Kier alpha value is -3.81. The molecule has 4 aromatic rings. The Labute approximate surface area is 237 Å². The van der Waals surface area contributed by atoms with Gasteiger partial charge in [0.15, 0.2) is 22.3 Å². The van der Waals surface area contributed by atoms with Gasteiger partial charge in [-0.3, -0.25) is 0 Å². The quantitative estimate of drug-likeness (QED) is 0.236. The van der Waals surface area contributed by atoms with E-state index in [-0.39, 0.29) is 56.5 Å². The molecule has 4 heterocycles.